The molecule has 2 amide bonds. The van der Waals surface area contributed by atoms with Crippen molar-refractivity contribution in [2.75, 3.05) is 11.4 Å². The molecular weight excluding hydrogens is 625 g/mol. The Labute approximate surface area is 277 Å². The summed E-state index contributed by atoms with van der Waals surface area (Å²) in [6.07, 6.45) is -2.51. The average Bonchev–Trinajstić information content (AvgIpc) is 3.63. The highest BCUT2D eigenvalue weighted by molar-refractivity contribution is 8.03. The predicted octanol–water partition coefficient (Wildman–Crippen LogP) is 8.53. The first kappa shape index (κ1) is 33.9. The Morgan fingerprint density at radius 2 is 1.72 bits per heavy atom. The highest BCUT2D eigenvalue weighted by Crippen LogP contribution is 2.39. The third-order valence-electron chi connectivity index (χ3n) is 7.82. The maximum Gasteiger partial charge on any atom is 0.573 e. The molecule has 1 aliphatic rings. The highest BCUT2D eigenvalue weighted by atomic mass is 32.2. The Kier molecular flexibility index (Phi) is 9.90. The molecule has 0 aliphatic carbocycles. The van der Waals surface area contributed by atoms with Crippen molar-refractivity contribution in [3.63, 3.8) is 0 Å². The van der Waals surface area contributed by atoms with Gasteiger partial charge in [0.05, 0.1) is 5.69 Å². The van der Waals surface area contributed by atoms with E-state index < -0.39 is 6.36 Å². The number of hydrogen-bond donors (Lipinski definition) is 2. The molecule has 2 N–H and O–H groups in total. The Bertz CT molecular complexity index is 1730. The molecule has 12 heteroatoms. The molecule has 2 heterocycles. The van der Waals surface area contributed by atoms with E-state index in [1.165, 1.54) is 46.4 Å². The molecule has 0 bridgehead atoms. The average molecular weight is 665 g/mol. The van der Waals surface area contributed by atoms with Crippen LogP contribution in [-0.2, 0) is 6.42 Å². The Morgan fingerprint density at radius 3 is 2.38 bits per heavy atom. The molecule has 1 unspecified atom stereocenters. The Hall–Kier alpha value is -4.45. The van der Waals surface area contributed by atoms with Gasteiger partial charge in [-0.1, -0.05) is 75.9 Å². The van der Waals surface area contributed by atoms with E-state index in [2.05, 4.69) is 95.5 Å². The van der Waals surface area contributed by atoms with Gasteiger partial charge in [-0.15, -0.1) is 18.3 Å². The van der Waals surface area contributed by atoms with Crippen LogP contribution in [0.4, 0.5) is 23.7 Å². The third-order valence-corrected chi connectivity index (χ3v) is 8.89. The fourth-order valence-corrected chi connectivity index (χ4v) is 6.71. The summed E-state index contributed by atoms with van der Waals surface area (Å²) < 4.78 is 42.8. The standard InChI is InChI=1S/C35H39F3N6O2S/c1-22(2)30-23(3)8-7-9-29(30)44-24(4)19-47-33(44)41-32(45)39-20-34(5,6)18-25-10-12-26(13-11-25)31-40-21-43(42-31)27-14-16-28(17-15-27)46-35(36,37)38/h7-17,19,21-22,33H,18,20H2,1-6H3,(H2,39,41,45). The number of alkyl halides is 3. The number of rotatable bonds is 10. The summed E-state index contributed by atoms with van der Waals surface area (Å²) >= 11 is 1.58. The van der Waals surface area contributed by atoms with Crippen LogP contribution in [0.5, 0.6) is 5.75 Å². The Balaban J connectivity index is 1.16. The van der Waals surface area contributed by atoms with Crippen molar-refractivity contribution in [2.45, 2.75) is 65.7 Å². The number of benzene rings is 3. The van der Waals surface area contributed by atoms with Gasteiger partial charge in [0.1, 0.15) is 12.1 Å². The van der Waals surface area contributed by atoms with Gasteiger partial charge in [0.25, 0.3) is 0 Å². The second-order valence-corrected chi connectivity index (χ2v) is 13.7. The normalized spacial score (nSPS) is 15.1. The second-order valence-electron chi connectivity index (χ2n) is 12.7. The van der Waals surface area contributed by atoms with Crippen LogP contribution in [0.3, 0.4) is 0 Å². The van der Waals surface area contributed by atoms with Crippen molar-refractivity contribution in [3.8, 4) is 22.8 Å². The molecule has 47 heavy (non-hydrogen) atoms. The number of nitrogens with zero attached hydrogens (tertiary/aromatic N) is 4. The maximum absolute atomic E-state index is 13.1. The summed E-state index contributed by atoms with van der Waals surface area (Å²) in [5, 5.41) is 12.8. The van der Waals surface area contributed by atoms with Gasteiger partial charge in [0.15, 0.2) is 11.3 Å². The van der Waals surface area contributed by atoms with Gasteiger partial charge in [-0.25, -0.2) is 14.5 Å². The minimum absolute atomic E-state index is 0.220. The van der Waals surface area contributed by atoms with Crippen molar-refractivity contribution < 1.29 is 22.7 Å². The summed E-state index contributed by atoms with van der Waals surface area (Å²) in [4.78, 5) is 19.7. The highest BCUT2D eigenvalue weighted by Gasteiger charge is 2.32. The van der Waals surface area contributed by atoms with E-state index in [4.69, 9.17) is 0 Å². The molecule has 248 valence electrons. The number of ether oxygens (including phenoxy) is 1. The quantitative estimate of drug-likeness (QED) is 0.177. The van der Waals surface area contributed by atoms with Crippen molar-refractivity contribution in [1.82, 2.24) is 25.4 Å². The SMILES string of the molecule is CC1=CSC(NC(=O)NCC(C)(C)Cc2ccc(-c3ncn(-c4ccc(OC(F)(F)F)cc4)n3)cc2)N1c1cccc(C)c1C(C)C. The van der Waals surface area contributed by atoms with Crippen LogP contribution in [0, 0.1) is 12.3 Å². The van der Waals surface area contributed by atoms with Crippen molar-refractivity contribution >= 4 is 23.5 Å². The van der Waals surface area contributed by atoms with Crippen LogP contribution >= 0.6 is 11.8 Å². The lowest BCUT2D eigenvalue weighted by Crippen LogP contribution is -2.49. The van der Waals surface area contributed by atoms with Gasteiger partial charge in [0.2, 0.25) is 0 Å². The van der Waals surface area contributed by atoms with Gasteiger partial charge < -0.3 is 20.3 Å². The van der Waals surface area contributed by atoms with Gasteiger partial charge in [-0.3, -0.25) is 0 Å². The van der Waals surface area contributed by atoms with Crippen LogP contribution < -0.4 is 20.3 Å². The van der Waals surface area contributed by atoms with E-state index in [9.17, 15) is 18.0 Å². The first-order valence-corrected chi connectivity index (χ1v) is 16.3. The van der Waals surface area contributed by atoms with Gasteiger partial charge in [-0.05, 0) is 84.0 Å². The van der Waals surface area contributed by atoms with Crippen molar-refractivity contribution in [1.29, 1.82) is 0 Å². The molecule has 0 radical (unpaired) electrons. The number of carbonyl (C=O) groups is 1. The Morgan fingerprint density at radius 1 is 1.02 bits per heavy atom. The second kappa shape index (κ2) is 13.7. The molecule has 4 aromatic rings. The summed E-state index contributed by atoms with van der Waals surface area (Å²) in [6.45, 7) is 13.3. The molecule has 0 saturated heterocycles. The first-order valence-electron chi connectivity index (χ1n) is 15.3. The molecule has 0 saturated carbocycles. The number of amides is 2. The number of nitrogens with one attached hydrogen (secondary N) is 2. The monoisotopic (exact) mass is 664 g/mol. The zero-order chi connectivity index (χ0) is 33.9. The number of allylic oxidation sites excluding steroid dienone is 1. The lowest BCUT2D eigenvalue weighted by molar-refractivity contribution is -0.274. The molecule has 5 rings (SSSR count). The minimum atomic E-state index is -4.75. The van der Waals surface area contributed by atoms with E-state index >= 15 is 0 Å². The lowest BCUT2D eigenvalue weighted by atomic mass is 9.85. The topological polar surface area (TPSA) is 84.3 Å². The number of aromatic nitrogens is 3. The summed E-state index contributed by atoms with van der Waals surface area (Å²) in [5.41, 5.74) is 6.70. The van der Waals surface area contributed by atoms with E-state index in [0.717, 1.165) is 28.9 Å². The van der Waals surface area contributed by atoms with Crippen molar-refractivity contribution in [2.24, 2.45) is 5.41 Å². The maximum atomic E-state index is 13.1. The van der Waals surface area contributed by atoms with Crippen molar-refractivity contribution in [3.05, 3.63) is 101 Å². The predicted molar refractivity (Wildman–Crippen MR) is 180 cm³/mol. The number of aryl methyl sites for hydroxylation is 1. The number of thioether (sulfide) groups is 1. The number of halogens is 3. The summed E-state index contributed by atoms with van der Waals surface area (Å²) in [6, 6.07) is 19.4. The van der Waals surface area contributed by atoms with Gasteiger partial charge >= 0.3 is 12.4 Å². The van der Waals surface area contributed by atoms with Crippen LogP contribution in [0.1, 0.15) is 57.2 Å². The molecule has 0 spiro atoms. The molecule has 8 nitrogen and oxygen atoms in total. The zero-order valence-corrected chi connectivity index (χ0v) is 28.0. The van der Waals surface area contributed by atoms with E-state index in [0.29, 0.717) is 24.0 Å². The largest absolute Gasteiger partial charge is 0.573 e. The van der Waals surface area contributed by atoms with Crippen LogP contribution in [0.2, 0.25) is 0 Å². The van der Waals surface area contributed by atoms with Crippen LogP contribution in [0.25, 0.3) is 17.1 Å². The molecule has 1 atom stereocenters. The van der Waals surface area contributed by atoms with Crippen LogP contribution in [-0.4, -0.2) is 39.2 Å². The molecule has 1 aromatic heterocycles. The van der Waals surface area contributed by atoms with E-state index in [-0.39, 0.29) is 22.7 Å². The number of hydrogen-bond acceptors (Lipinski definition) is 6. The summed E-state index contributed by atoms with van der Waals surface area (Å²) in [7, 11) is 0. The number of carbonyl (C=O) groups excluding carboxylic acids is 1. The fourth-order valence-electron chi connectivity index (χ4n) is 5.70. The molecule has 0 fully saturated rings. The lowest BCUT2D eigenvalue weighted by Gasteiger charge is -2.32. The van der Waals surface area contributed by atoms with Gasteiger partial charge in [-0.2, -0.15) is 0 Å². The fraction of sp³-hybridized carbons (Fsp3) is 0.343. The number of urea groups is 1. The molecule has 1 aliphatic heterocycles. The molecule has 3 aromatic carbocycles. The first-order chi connectivity index (χ1) is 22.2. The van der Waals surface area contributed by atoms with E-state index in [1.807, 2.05) is 24.3 Å². The smallest absolute Gasteiger partial charge is 0.406 e. The van der Waals surface area contributed by atoms with Gasteiger partial charge in [0, 0.05) is 23.5 Å². The van der Waals surface area contributed by atoms with E-state index in [1.54, 1.807) is 11.8 Å². The minimum Gasteiger partial charge on any atom is -0.406 e. The third kappa shape index (κ3) is 8.48. The number of anilines is 1. The summed E-state index contributed by atoms with van der Waals surface area (Å²) in [5.74, 6) is 0.527. The van der Waals surface area contributed by atoms with Crippen LogP contribution in [0.15, 0.2) is 84.2 Å². The molecular formula is C35H39F3N6O2S. The zero-order valence-electron chi connectivity index (χ0n) is 27.2.